The Hall–Kier alpha value is -1.55. The number of benzene rings is 1. The molecule has 1 aliphatic rings. The Bertz CT molecular complexity index is 604. The van der Waals surface area contributed by atoms with Crippen molar-refractivity contribution in [3.05, 3.63) is 35.9 Å². The number of carbonyl (C=O) groups is 2. The van der Waals surface area contributed by atoms with Gasteiger partial charge in [-0.2, -0.15) is 0 Å². The summed E-state index contributed by atoms with van der Waals surface area (Å²) in [6, 6.07) is 5.55. The molecule has 1 amide bonds. The van der Waals surface area contributed by atoms with Crippen molar-refractivity contribution in [1.29, 1.82) is 0 Å². The molecule has 1 aromatic carbocycles. The molecule has 0 saturated heterocycles. The Balaban J connectivity index is 2.56. The smallest absolute Gasteiger partial charge is 0.243 e. The van der Waals surface area contributed by atoms with Crippen LogP contribution in [0.4, 0.5) is 5.69 Å². The van der Waals surface area contributed by atoms with E-state index in [0.717, 1.165) is 16.2 Å². The number of amides is 1. The SMILES string of the molecule is C=C(C)CN1C(=O)C(C)(C)Sc2ccc(C(C)=O)cc21. The van der Waals surface area contributed by atoms with Gasteiger partial charge in [-0.1, -0.05) is 18.2 Å². The van der Waals surface area contributed by atoms with Gasteiger partial charge in [0.2, 0.25) is 5.91 Å². The number of Topliss-reactive ketones (excluding diaryl/α,β-unsaturated/α-hetero) is 1. The average molecular weight is 289 g/mol. The molecule has 0 N–H and O–H groups in total. The molecule has 1 aliphatic heterocycles. The van der Waals surface area contributed by atoms with E-state index >= 15 is 0 Å². The van der Waals surface area contributed by atoms with E-state index in [9.17, 15) is 9.59 Å². The van der Waals surface area contributed by atoms with Crippen LogP contribution in [-0.2, 0) is 4.79 Å². The Kier molecular flexibility index (Phi) is 3.78. The van der Waals surface area contributed by atoms with Crippen molar-refractivity contribution in [1.82, 2.24) is 0 Å². The first-order valence-electron chi connectivity index (χ1n) is 6.53. The monoisotopic (exact) mass is 289 g/mol. The topological polar surface area (TPSA) is 37.4 Å². The van der Waals surface area contributed by atoms with Crippen molar-refractivity contribution < 1.29 is 9.59 Å². The summed E-state index contributed by atoms with van der Waals surface area (Å²) in [6.07, 6.45) is 0. The molecule has 1 aromatic rings. The van der Waals surface area contributed by atoms with E-state index in [1.54, 1.807) is 22.7 Å². The van der Waals surface area contributed by atoms with Gasteiger partial charge in [-0.25, -0.2) is 0 Å². The maximum atomic E-state index is 12.6. The number of nitrogens with zero attached hydrogens (tertiary/aromatic N) is 1. The number of fused-ring (bicyclic) bond motifs is 1. The van der Waals surface area contributed by atoms with E-state index in [0.29, 0.717) is 12.1 Å². The first kappa shape index (κ1) is 14.9. The molecule has 0 saturated carbocycles. The van der Waals surface area contributed by atoms with Gasteiger partial charge in [0.15, 0.2) is 5.78 Å². The first-order valence-corrected chi connectivity index (χ1v) is 7.34. The zero-order chi connectivity index (χ0) is 15.1. The minimum absolute atomic E-state index is 0.00496. The summed E-state index contributed by atoms with van der Waals surface area (Å²) in [7, 11) is 0. The van der Waals surface area contributed by atoms with Gasteiger partial charge in [0.25, 0.3) is 0 Å². The van der Waals surface area contributed by atoms with Crippen LogP contribution in [0.1, 0.15) is 38.1 Å². The molecule has 0 aromatic heterocycles. The molecule has 20 heavy (non-hydrogen) atoms. The predicted molar refractivity (Wildman–Crippen MR) is 83.5 cm³/mol. The Morgan fingerprint density at radius 1 is 1.35 bits per heavy atom. The van der Waals surface area contributed by atoms with E-state index in [-0.39, 0.29) is 11.7 Å². The van der Waals surface area contributed by atoms with Gasteiger partial charge in [0.05, 0.1) is 10.4 Å². The highest BCUT2D eigenvalue weighted by Crippen LogP contribution is 2.45. The Morgan fingerprint density at radius 2 is 2.00 bits per heavy atom. The van der Waals surface area contributed by atoms with E-state index in [4.69, 9.17) is 0 Å². The first-order chi connectivity index (χ1) is 9.22. The van der Waals surface area contributed by atoms with Crippen LogP contribution in [0.25, 0.3) is 0 Å². The van der Waals surface area contributed by atoms with Crippen LogP contribution < -0.4 is 4.90 Å². The molecule has 0 unspecified atom stereocenters. The average Bonchev–Trinajstić information content (AvgIpc) is 2.33. The third-order valence-corrected chi connectivity index (χ3v) is 4.46. The summed E-state index contributed by atoms with van der Waals surface area (Å²) < 4.78 is -0.500. The second kappa shape index (κ2) is 5.09. The second-order valence-electron chi connectivity index (χ2n) is 5.70. The van der Waals surface area contributed by atoms with Crippen molar-refractivity contribution in [3.8, 4) is 0 Å². The summed E-state index contributed by atoms with van der Waals surface area (Å²) >= 11 is 1.54. The maximum Gasteiger partial charge on any atom is 0.243 e. The molecule has 0 fully saturated rings. The van der Waals surface area contributed by atoms with Crippen LogP contribution in [0.15, 0.2) is 35.2 Å². The number of anilines is 1. The van der Waals surface area contributed by atoms with Gasteiger partial charge in [0, 0.05) is 17.0 Å². The van der Waals surface area contributed by atoms with Gasteiger partial charge in [-0.15, -0.1) is 11.8 Å². The van der Waals surface area contributed by atoms with E-state index in [1.807, 2.05) is 32.9 Å². The number of rotatable bonds is 3. The van der Waals surface area contributed by atoms with Crippen LogP contribution in [0.2, 0.25) is 0 Å². The molecule has 0 bridgehead atoms. The lowest BCUT2D eigenvalue weighted by Gasteiger charge is -2.38. The molecule has 0 spiro atoms. The van der Waals surface area contributed by atoms with Gasteiger partial charge >= 0.3 is 0 Å². The summed E-state index contributed by atoms with van der Waals surface area (Å²) in [5, 5.41) is 0. The minimum Gasteiger partial charge on any atom is -0.306 e. The standard InChI is InChI=1S/C16H19NO2S/c1-10(2)9-17-13-8-12(11(3)18)6-7-14(13)20-16(4,5)15(17)19/h6-8H,1,9H2,2-5H3. The van der Waals surface area contributed by atoms with Gasteiger partial charge < -0.3 is 4.90 Å². The van der Waals surface area contributed by atoms with Crippen LogP contribution >= 0.6 is 11.8 Å². The zero-order valence-corrected chi connectivity index (χ0v) is 13.1. The van der Waals surface area contributed by atoms with Crippen molar-refractivity contribution in [2.24, 2.45) is 0 Å². The molecule has 0 radical (unpaired) electrons. The normalized spacial score (nSPS) is 16.8. The third-order valence-electron chi connectivity index (χ3n) is 3.21. The summed E-state index contributed by atoms with van der Waals surface area (Å²) in [5.41, 5.74) is 2.36. The fourth-order valence-electron chi connectivity index (χ4n) is 2.21. The molecule has 4 heteroatoms. The molecule has 106 valence electrons. The Labute approximate surface area is 124 Å². The third kappa shape index (κ3) is 2.66. The lowest BCUT2D eigenvalue weighted by Crippen LogP contribution is -2.47. The van der Waals surface area contributed by atoms with Crippen molar-refractivity contribution in [2.45, 2.75) is 37.3 Å². The molecule has 0 atom stereocenters. The van der Waals surface area contributed by atoms with Crippen LogP contribution in [0, 0.1) is 0 Å². The lowest BCUT2D eigenvalue weighted by molar-refractivity contribution is -0.120. The molecular formula is C16H19NO2S. The largest absolute Gasteiger partial charge is 0.306 e. The number of thioether (sulfide) groups is 1. The summed E-state index contributed by atoms with van der Waals surface area (Å²) in [4.78, 5) is 26.9. The van der Waals surface area contributed by atoms with Crippen LogP contribution in [-0.4, -0.2) is 23.0 Å². The summed E-state index contributed by atoms with van der Waals surface area (Å²) in [5.74, 6) is 0.0593. The number of hydrogen-bond donors (Lipinski definition) is 0. The highest BCUT2D eigenvalue weighted by molar-refractivity contribution is 8.01. The van der Waals surface area contributed by atoms with E-state index < -0.39 is 4.75 Å². The molecular weight excluding hydrogens is 270 g/mol. The van der Waals surface area contributed by atoms with Crippen molar-refractivity contribution in [3.63, 3.8) is 0 Å². The number of ketones is 1. The van der Waals surface area contributed by atoms with Gasteiger partial charge in [0.1, 0.15) is 0 Å². The Morgan fingerprint density at radius 3 is 2.55 bits per heavy atom. The summed E-state index contributed by atoms with van der Waals surface area (Å²) in [6.45, 7) is 11.7. The highest BCUT2D eigenvalue weighted by Gasteiger charge is 2.39. The van der Waals surface area contributed by atoms with Crippen LogP contribution in [0.5, 0.6) is 0 Å². The number of carbonyl (C=O) groups excluding carboxylic acids is 2. The van der Waals surface area contributed by atoms with E-state index in [1.165, 1.54) is 6.92 Å². The fraction of sp³-hybridized carbons (Fsp3) is 0.375. The zero-order valence-electron chi connectivity index (χ0n) is 12.3. The van der Waals surface area contributed by atoms with Gasteiger partial charge in [-0.05, 0) is 39.8 Å². The molecule has 3 nitrogen and oxygen atoms in total. The lowest BCUT2D eigenvalue weighted by atomic mass is 10.1. The van der Waals surface area contributed by atoms with E-state index in [2.05, 4.69) is 6.58 Å². The predicted octanol–water partition coefficient (Wildman–Crippen LogP) is 3.68. The van der Waals surface area contributed by atoms with Crippen molar-refractivity contribution in [2.75, 3.05) is 11.4 Å². The van der Waals surface area contributed by atoms with Crippen molar-refractivity contribution >= 4 is 29.1 Å². The molecule has 1 heterocycles. The fourth-order valence-corrected chi connectivity index (χ4v) is 3.37. The maximum absolute atomic E-state index is 12.6. The number of hydrogen-bond acceptors (Lipinski definition) is 3. The minimum atomic E-state index is -0.500. The molecule has 0 aliphatic carbocycles. The van der Waals surface area contributed by atoms with Crippen LogP contribution in [0.3, 0.4) is 0 Å². The molecule has 2 rings (SSSR count). The quantitative estimate of drug-likeness (QED) is 0.629. The highest BCUT2D eigenvalue weighted by atomic mass is 32.2. The second-order valence-corrected chi connectivity index (χ2v) is 7.36. The van der Waals surface area contributed by atoms with Gasteiger partial charge in [-0.3, -0.25) is 9.59 Å².